The highest BCUT2D eigenvalue weighted by Gasteiger charge is 2.01. The summed E-state index contributed by atoms with van der Waals surface area (Å²) in [5.74, 6) is -0.449. The molecule has 5 heteroatoms. The molecule has 0 aromatic heterocycles. The number of nitrogens with zero attached hydrogens (tertiary/aromatic N) is 1. The Labute approximate surface area is 131 Å². The molecule has 2 rings (SSSR count). The second-order valence-electron chi connectivity index (χ2n) is 4.14. The number of nitrogens with two attached hydrogens (primary N) is 1. The van der Waals surface area contributed by atoms with Crippen LogP contribution in [0.5, 0.6) is 0 Å². The van der Waals surface area contributed by atoms with Crippen molar-refractivity contribution in [3.8, 4) is 0 Å². The third kappa shape index (κ3) is 4.89. The first-order valence-electron chi connectivity index (χ1n) is 6.18. The van der Waals surface area contributed by atoms with Gasteiger partial charge in [0.1, 0.15) is 0 Å². The Balaban J connectivity index is 1.97. The maximum absolute atomic E-state index is 11.5. The molecular weight excluding hydrogens is 332 g/mol. The van der Waals surface area contributed by atoms with E-state index in [4.69, 9.17) is 10.6 Å². The van der Waals surface area contributed by atoms with Gasteiger partial charge in [-0.2, -0.15) is 0 Å². The number of amidine groups is 1. The molecule has 4 nitrogen and oxygen atoms in total. The predicted octanol–water partition coefficient (Wildman–Crippen LogP) is 3.33. The monoisotopic (exact) mass is 344 g/mol. The van der Waals surface area contributed by atoms with Crippen LogP contribution in [-0.2, 0) is 9.63 Å². The van der Waals surface area contributed by atoms with Crippen LogP contribution in [0.4, 0.5) is 0 Å². The molecule has 0 aliphatic rings. The zero-order valence-corrected chi connectivity index (χ0v) is 12.7. The molecule has 0 aliphatic carbocycles. The Morgan fingerprint density at radius 3 is 2.62 bits per heavy atom. The molecule has 0 amide bonds. The Kier molecular flexibility index (Phi) is 5.29. The van der Waals surface area contributed by atoms with Crippen molar-refractivity contribution in [3.63, 3.8) is 0 Å². The highest BCUT2D eigenvalue weighted by molar-refractivity contribution is 9.10. The standard InChI is InChI=1S/C16H13BrN2O2/c17-14-8-4-7-13(11-14)16(18)19-21-15(20)10-9-12-5-2-1-3-6-12/h1-11H,(H2,18,19). The zero-order chi connectivity index (χ0) is 15.1. The van der Waals surface area contributed by atoms with Gasteiger partial charge in [0.05, 0.1) is 0 Å². The average molecular weight is 345 g/mol. The van der Waals surface area contributed by atoms with Gasteiger partial charge in [-0.25, -0.2) is 4.79 Å². The summed E-state index contributed by atoms with van der Waals surface area (Å²) in [6.07, 6.45) is 2.94. The molecule has 0 bridgehead atoms. The Bertz CT molecular complexity index is 682. The van der Waals surface area contributed by atoms with E-state index in [-0.39, 0.29) is 5.84 Å². The fraction of sp³-hybridized carbons (Fsp3) is 0. The van der Waals surface area contributed by atoms with Crippen molar-refractivity contribution in [2.24, 2.45) is 10.9 Å². The third-order valence-electron chi connectivity index (χ3n) is 2.57. The third-order valence-corrected chi connectivity index (χ3v) is 3.06. The van der Waals surface area contributed by atoms with Gasteiger partial charge in [-0.1, -0.05) is 63.6 Å². The molecule has 2 aromatic rings. The van der Waals surface area contributed by atoms with E-state index >= 15 is 0 Å². The lowest BCUT2D eigenvalue weighted by Crippen LogP contribution is -2.14. The molecule has 0 heterocycles. The summed E-state index contributed by atoms with van der Waals surface area (Å²) in [5, 5.41) is 3.62. The molecule has 0 saturated heterocycles. The molecule has 0 unspecified atom stereocenters. The van der Waals surface area contributed by atoms with E-state index in [0.717, 1.165) is 10.0 Å². The molecule has 0 saturated carbocycles. The minimum Gasteiger partial charge on any atom is -0.380 e. The zero-order valence-electron chi connectivity index (χ0n) is 11.1. The summed E-state index contributed by atoms with van der Waals surface area (Å²) in [6.45, 7) is 0. The highest BCUT2D eigenvalue weighted by atomic mass is 79.9. The van der Waals surface area contributed by atoms with E-state index in [1.54, 1.807) is 18.2 Å². The van der Waals surface area contributed by atoms with Gasteiger partial charge in [-0.15, -0.1) is 0 Å². The van der Waals surface area contributed by atoms with Crippen molar-refractivity contribution in [1.82, 2.24) is 0 Å². The van der Waals surface area contributed by atoms with Crippen molar-refractivity contribution in [3.05, 3.63) is 76.3 Å². The maximum Gasteiger partial charge on any atom is 0.358 e. The van der Waals surface area contributed by atoms with Crippen molar-refractivity contribution in [2.45, 2.75) is 0 Å². The first kappa shape index (κ1) is 15.0. The molecule has 21 heavy (non-hydrogen) atoms. The van der Waals surface area contributed by atoms with Crippen LogP contribution in [-0.4, -0.2) is 11.8 Å². The van der Waals surface area contributed by atoms with Crippen molar-refractivity contribution in [1.29, 1.82) is 0 Å². The van der Waals surface area contributed by atoms with Gasteiger partial charge in [0, 0.05) is 16.1 Å². The van der Waals surface area contributed by atoms with Crippen molar-refractivity contribution in [2.75, 3.05) is 0 Å². The van der Waals surface area contributed by atoms with Crippen LogP contribution in [0.2, 0.25) is 0 Å². The van der Waals surface area contributed by atoms with E-state index in [0.29, 0.717) is 5.56 Å². The maximum atomic E-state index is 11.5. The van der Waals surface area contributed by atoms with Crippen LogP contribution >= 0.6 is 15.9 Å². The molecule has 0 aliphatic heterocycles. The largest absolute Gasteiger partial charge is 0.380 e. The molecule has 2 aromatic carbocycles. The summed E-state index contributed by atoms with van der Waals surface area (Å²) < 4.78 is 0.869. The number of carbonyl (C=O) groups excluding carboxylic acids is 1. The van der Waals surface area contributed by atoms with Crippen LogP contribution in [0.25, 0.3) is 6.08 Å². The normalized spacial score (nSPS) is 11.6. The minimum absolute atomic E-state index is 0.137. The van der Waals surface area contributed by atoms with Crippen LogP contribution < -0.4 is 5.73 Å². The lowest BCUT2D eigenvalue weighted by Gasteiger charge is -2.00. The van der Waals surface area contributed by atoms with E-state index in [9.17, 15) is 4.79 Å². The van der Waals surface area contributed by atoms with Gasteiger partial charge in [-0.3, -0.25) is 0 Å². The van der Waals surface area contributed by atoms with Gasteiger partial charge in [0.25, 0.3) is 0 Å². The summed E-state index contributed by atoms with van der Waals surface area (Å²) in [5.41, 5.74) is 7.32. The fourth-order valence-electron chi connectivity index (χ4n) is 1.55. The quantitative estimate of drug-likeness (QED) is 0.304. The Morgan fingerprint density at radius 1 is 1.14 bits per heavy atom. The molecule has 0 radical (unpaired) electrons. The van der Waals surface area contributed by atoms with Gasteiger partial charge in [0.15, 0.2) is 5.84 Å². The molecule has 0 fully saturated rings. The topological polar surface area (TPSA) is 64.7 Å². The summed E-state index contributed by atoms with van der Waals surface area (Å²) in [7, 11) is 0. The number of benzene rings is 2. The van der Waals surface area contributed by atoms with E-state index in [2.05, 4.69) is 21.1 Å². The van der Waals surface area contributed by atoms with Crippen molar-refractivity contribution >= 4 is 33.8 Å². The smallest absolute Gasteiger partial charge is 0.358 e. The molecule has 0 atom stereocenters. The van der Waals surface area contributed by atoms with Gasteiger partial charge < -0.3 is 10.6 Å². The average Bonchev–Trinajstić information content (AvgIpc) is 2.51. The van der Waals surface area contributed by atoms with Crippen molar-refractivity contribution < 1.29 is 9.63 Å². The number of halogens is 1. The van der Waals surface area contributed by atoms with E-state index < -0.39 is 5.97 Å². The summed E-state index contributed by atoms with van der Waals surface area (Å²) in [4.78, 5) is 16.3. The van der Waals surface area contributed by atoms with Crippen LogP contribution in [0.3, 0.4) is 0 Å². The van der Waals surface area contributed by atoms with Crippen LogP contribution in [0.1, 0.15) is 11.1 Å². The minimum atomic E-state index is -0.586. The number of rotatable bonds is 4. The highest BCUT2D eigenvalue weighted by Crippen LogP contribution is 2.11. The van der Waals surface area contributed by atoms with Gasteiger partial charge in [-0.05, 0) is 23.8 Å². The van der Waals surface area contributed by atoms with E-state index in [1.807, 2.05) is 42.5 Å². The predicted molar refractivity (Wildman–Crippen MR) is 86.4 cm³/mol. The number of oxime groups is 1. The Hall–Kier alpha value is -2.40. The SMILES string of the molecule is N/C(=N\OC(=O)C=Cc1ccccc1)c1cccc(Br)c1. The Morgan fingerprint density at radius 2 is 1.90 bits per heavy atom. The van der Waals surface area contributed by atoms with Crippen LogP contribution in [0.15, 0.2) is 70.3 Å². The molecule has 106 valence electrons. The fourth-order valence-corrected chi connectivity index (χ4v) is 1.95. The number of hydrogen-bond donors (Lipinski definition) is 1. The number of hydrogen-bond acceptors (Lipinski definition) is 3. The first-order valence-corrected chi connectivity index (χ1v) is 6.98. The summed E-state index contributed by atoms with van der Waals surface area (Å²) >= 11 is 3.33. The second-order valence-corrected chi connectivity index (χ2v) is 5.06. The molecular formula is C16H13BrN2O2. The number of carbonyl (C=O) groups is 1. The summed E-state index contributed by atoms with van der Waals surface area (Å²) in [6, 6.07) is 16.7. The van der Waals surface area contributed by atoms with Gasteiger partial charge in [0.2, 0.25) is 0 Å². The second kappa shape index (κ2) is 7.40. The lowest BCUT2D eigenvalue weighted by atomic mass is 10.2. The molecule has 0 spiro atoms. The van der Waals surface area contributed by atoms with Gasteiger partial charge >= 0.3 is 5.97 Å². The lowest BCUT2D eigenvalue weighted by molar-refractivity contribution is -0.137. The van der Waals surface area contributed by atoms with Crippen LogP contribution in [0, 0.1) is 0 Å². The van der Waals surface area contributed by atoms with E-state index in [1.165, 1.54) is 6.08 Å². The molecule has 2 N–H and O–H groups in total. The first-order chi connectivity index (χ1) is 10.1.